The van der Waals surface area contributed by atoms with Crippen LogP contribution in [0, 0.1) is 6.92 Å². The summed E-state index contributed by atoms with van der Waals surface area (Å²) in [5.74, 6) is 0. The molecule has 1 N–H and O–H groups in total. The molecule has 0 radical (unpaired) electrons. The first kappa shape index (κ1) is 11.5. The fourth-order valence-corrected chi connectivity index (χ4v) is 3.11. The highest BCUT2D eigenvalue weighted by Gasteiger charge is 2.17. The fourth-order valence-electron chi connectivity index (χ4n) is 2.24. The number of urea groups is 1. The summed E-state index contributed by atoms with van der Waals surface area (Å²) >= 11 is 1.65. The number of aromatic nitrogens is 1. The molecule has 1 fully saturated rings. The molecule has 3 rings (SSSR count). The molecule has 1 aromatic carbocycles. The van der Waals surface area contributed by atoms with E-state index in [2.05, 4.69) is 10.3 Å². The zero-order valence-corrected chi connectivity index (χ0v) is 11.1. The number of likely N-dealkylation sites (tertiary alicyclic amines) is 1. The van der Waals surface area contributed by atoms with Crippen molar-refractivity contribution in [3.8, 4) is 0 Å². The van der Waals surface area contributed by atoms with E-state index in [0.717, 1.165) is 46.8 Å². The van der Waals surface area contributed by atoms with Crippen molar-refractivity contribution in [1.29, 1.82) is 0 Å². The van der Waals surface area contributed by atoms with Crippen LogP contribution in [0.3, 0.4) is 0 Å². The molecule has 1 aliphatic heterocycles. The van der Waals surface area contributed by atoms with Crippen LogP contribution >= 0.6 is 11.3 Å². The number of hydrogen-bond acceptors (Lipinski definition) is 3. The van der Waals surface area contributed by atoms with Crippen LogP contribution in [0.15, 0.2) is 18.2 Å². The number of aryl methyl sites for hydroxylation is 1. The van der Waals surface area contributed by atoms with Gasteiger partial charge in [0.05, 0.1) is 15.2 Å². The lowest BCUT2D eigenvalue weighted by molar-refractivity contribution is 0.222. The third-order valence-electron chi connectivity index (χ3n) is 3.14. The number of amides is 2. The molecule has 5 heteroatoms. The van der Waals surface area contributed by atoms with Gasteiger partial charge in [0.15, 0.2) is 0 Å². The molecule has 1 aliphatic rings. The molecule has 2 aromatic rings. The minimum Gasteiger partial charge on any atom is -0.325 e. The van der Waals surface area contributed by atoms with E-state index in [1.165, 1.54) is 0 Å². The summed E-state index contributed by atoms with van der Waals surface area (Å²) in [6.45, 7) is 3.73. The van der Waals surface area contributed by atoms with E-state index in [9.17, 15) is 4.79 Å². The van der Waals surface area contributed by atoms with Gasteiger partial charge in [0.1, 0.15) is 0 Å². The summed E-state index contributed by atoms with van der Waals surface area (Å²) in [5, 5.41) is 4.00. The smallest absolute Gasteiger partial charge is 0.321 e. The molecule has 94 valence electrons. The highest BCUT2D eigenvalue weighted by atomic mass is 32.1. The number of rotatable bonds is 1. The van der Waals surface area contributed by atoms with Gasteiger partial charge in [-0.05, 0) is 38.0 Å². The topological polar surface area (TPSA) is 45.2 Å². The lowest BCUT2D eigenvalue weighted by Crippen LogP contribution is -2.32. The summed E-state index contributed by atoms with van der Waals surface area (Å²) in [6.07, 6.45) is 2.22. The lowest BCUT2D eigenvalue weighted by atomic mass is 10.3. The van der Waals surface area contributed by atoms with E-state index in [1.807, 2.05) is 30.0 Å². The molecule has 1 aromatic heterocycles. The van der Waals surface area contributed by atoms with Gasteiger partial charge in [-0.2, -0.15) is 0 Å². The Labute approximate surface area is 110 Å². The van der Waals surface area contributed by atoms with Gasteiger partial charge in [-0.1, -0.05) is 0 Å². The minimum atomic E-state index is 0.00749. The van der Waals surface area contributed by atoms with Crippen LogP contribution < -0.4 is 5.32 Å². The van der Waals surface area contributed by atoms with E-state index in [1.54, 1.807) is 11.3 Å². The molecule has 2 amide bonds. The molecule has 2 heterocycles. The van der Waals surface area contributed by atoms with Gasteiger partial charge >= 0.3 is 6.03 Å². The summed E-state index contributed by atoms with van der Waals surface area (Å²) in [6, 6.07) is 5.87. The van der Waals surface area contributed by atoms with Gasteiger partial charge in [-0.3, -0.25) is 0 Å². The second kappa shape index (κ2) is 4.57. The monoisotopic (exact) mass is 261 g/mol. The number of nitrogens with zero attached hydrogens (tertiary/aromatic N) is 2. The van der Waals surface area contributed by atoms with Crippen molar-refractivity contribution in [3.63, 3.8) is 0 Å². The number of hydrogen-bond donors (Lipinski definition) is 1. The van der Waals surface area contributed by atoms with E-state index >= 15 is 0 Å². The number of nitrogens with one attached hydrogen (secondary N) is 1. The molecule has 0 aliphatic carbocycles. The zero-order valence-electron chi connectivity index (χ0n) is 10.3. The van der Waals surface area contributed by atoms with Crippen LogP contribution in [0.25, 0.3) is 10.2 Å². The summed E-state index contributed by atoms with van der Waals surface area (Å²) in [7, 11) is 0. The van der Waals surface area contributed by atoms with Crippen molar-refractivity contribution in [2.75, 3.05) is 18.4 Å². The van der Waals surface area contributed by atoms with Gasteiger partial charge in [-0.25, -0.2) is 9.78 Å². The van der Waals surface area contributed by atoms with Crippen molar-refractivity contribution in [2.24, 2.45) is 0 Å². The predicted molar refractivity (Wildman–Crippen MR) is 74.2 cm³/mol. The van der Waals surface area contributed by atoms with Crippen molar-refractivity contribution < 1.29 is 4.79 Å². The van der Waals surface area contributed by atoms with Gasteiger partial charge in [0.2, 0.25) is 0 Å². The highest BCUT2D eigenvalue weighted by Crippen LogP contribution is 2.25. The quantitative estimate of drug-likeness (QED) is 0.856. The molecule has 0 unspecified atom stereocenters. The number of thiazole rings is 1. The van der Waals surface area contributed by atoms with Gasteiger partial charge < -0.3 is 10.2 Å². The second-order valence-electron chi connectivity index (χ2n) is 4.54. The Kier molecular flexibility index (Phi) is 2.91. The lowest BCUT2D eigenvalue weighted by Gasteiger charge is -2.16. The van der Waals surface area contributed by atoms with Gasteiger partial charge in [0, 0.05) is 18.8 Å². The standard InChI is InChI=1S/C13H15N3OS/c1-9-14-11-5-4-10(8-12(11)18-9)15-13(17)16-6-2-3-7-16/h4-5,8H,2-3,6-7H2,1H3,(H,15,17). The molecule has 0 bridgehead atoms. The van der Waals surface area contributed by atoms with Crippen molar-refractivity contribution in [3.05, 3.63) is 23.2 Å². The van der Waals surface area contributed by atoms with Crippen LogP contribution in [-0.2, 0) is 0 Å². The fraction of sp³-hybridized carbons (Fsp3) is 0.385. The normalized spacial score (nSPS) is 15.3. The first-order valence-corrected chi connectivity index (χ1v) is 6.97. The van der Waals surface area contributed by atoms with Crippen LogP contribution in [0.4, 0.5) is 10.5 Å². The van der Waals surface area contributed by atoms with Crippen LogP contribution in [-0.4, -0.2) is 29.0 Å². The average Bonchev–Trinajstić information content (AvgIpc) is 2.95. The molecule has 18 heavy (non-hydrogen) atoms. The largest absolute Gasteiger partial charge is 0.325 e. The van der Waals surface area contributed by atoms with Gasteiger partial charge in [-0.15, -0.1) is 11.3 Å². The summed E-state index contributed by atoms with van der Waals surface area (Å²) in [4.78, 5) is 18.2. The van der Waals surface area contributed by atoms with Crippen molar-refractivity contribution in [2.45, 2.75) is 19.8 Å². The van der Waals surface area contributed by atoms with Crippen LogP contribution in [0.1, 0.15) is 17.8 Å². The Hall–Kier alpha value is -1.62. The number of carbonyl (C=O) groups excluding carboxylic acids is 1. The third-order valence-corrected chi connectivity index (χ3v) is 4.07. The maximum atomic E-state index is 12.0. The number of anilines is 1. The first-order valence-electron chi connectivity index (χ1n) is 6.15. The van der Waals surface area contributed by atoms with Crippen LogP contribution in [0.2, 0.25) is 0 Å². The molecular formula is C13H15N3OS. The second-order valence-corrected chi connectivity index (χ2v) is 5.77. The van der Waals surface area contributed by atoms with E-state index in [0.29, 0.717) is 0 Å². The van der Waals surface area contributed by atoms with Gasteiger partial charge in [0.25, 0.3) is 0 Å². The first-order chi connectivity index (χ1) is 8.72. The molecule has 1 saturated heterocycles. The van der Waals surface area contributed by atoms with E-state index in [-0.39, 0.29) is 6.03 Å². The Morgan fingerprint density at radius 2 is 2.17 bits per heavy atom. The average molecular weight is 261 g/mol. The highest BCUT2D eigenvalue weighted by molar-refractivity contribution is 7.18. The number of fused-ring (bicyclic) bond motifs is 1. The minimum absolute atomic E-state index is 0.00749. The molecule has 0 spiro atoms. The van der Waals surface area contributed by atoms with Crippen molar-refractivity contribution in [1.82, 2.24) is 9.88 Å². The number of carbonyl (C=O) groups is 1. The molecule has 0 saturated carbocycles. The Morgan fingerprint density at radius 1 is 1.39 bits per heavy atom. The summed E-state index contributed by atoms with van der Waals surface area (Å²) in [5.41, 5.74) is 1.85. The van der Waals surface area contributed by atoms with Crippen LogP contribution in [0.5, 0.6) is 0 Å². The third kappa shape index (κ3) is 2.18. The van der Waals surface area contributed by atoms with Crippen molar-refractivity contribution >= 4 is 33.3 Å². The maximum absolute atomic E-state index is 12.0. The molecular weight excluding hydrogens is 246 g/mol. The summed E-state index contributed by atoms with van der Waals surface area (Å²) < 4.78 is 1.12. The Balaban J connectivity index is 1.79. The predicted octanol–water partition coefficient (Wildman–Crippen LogP) is 3.23. The molecule has 0 atom stereocenters. The SMILES string of the molecule is Cc1nc2ccc(NC(=O)N3CCCC3)cc2s1. The maximum Gasteiger partial charge on any atom is 0.321 e. The Bertz CT molecular complexity index is 587. The zero-order chi connectivity index (χ0) is 12.5. The molecule has 4 nitrogen and oxygen atoms in total. The van der Waals surface area contributed by atoms with E-state index in [4.69, 9.17) is 0 Å². The number of benzene rings is 1. The van der Waals surface area contributed by atoms with E-state index < -0.39 is 0 Å². The Morgan fingerprint density at radius 3 is 2.94 bits per heavy atom.